The summed E-state index contributed by atoms with van der Waals surface area (Å²) in [6, 6.07) is 77.5. The lowest BCUT2D eigenvalue weighted by Gasteiger charge is -2.26. The zero-order valence-electron chi connectivity index (χ0n) is 32.6. The van der Waals surface area contributed by atoms with Crippen molar-refractivity contribution in [3.05, 3.63) is 259 Å². The zero-order valence-corrected chi connectivity index (χ0v) is 32.6. The topological polar surface area (TPSA) is 6.48 Å². The van der Waals surface area contributed by atoms with E-state index in [0.717, 1.165) is 52.5 Å². The van der Waals surface area contributed by atoms with Crippen molar-refractivity contribution in [3.8, 4) is 11.1 Å². The molecule has 0 amide bonds. The fourth-order valence-electron chi connectivity index (χ4n) is 7.13. The Kier molecular flexibility index (Phi) is 12.3. The average molecular weight is 747 g/mol. The van der Waals surface area contributed by atoms with Gasteiger partial charge >= 0.3 is 0 Å². The van der Waals surface area contributed by atoms with Crippen molar-refractivity contribution in [2.45, 2.75) is 12.8 Å². The molecule has 2 heteroatoms. The fourth-order valence-corrected chi connectivity index (χ4v) is 7.13. The first-order valence-electron chi connectivity index (χ1n) is 20.0. The predicted molar refractivity (Wildman–Crippen MR) is 250 cm³/mol. The molecule has 0 heterocycles. The Hall–Kier alpha value is -7.42. The number of aryl methyl sites for hydroxylation is 1. The second-order valence-corrected chi connectivity index (χ2v) is 14.2. The van der Waals surface area contributed by atoms with Gasteiger partial charge in [-0.3, -0.25) is 0 Å². The summed E-state index contributed by atoms with van der Waals surface area (Å²) in [6.07, 6.45) is 14.9. The summed E-state index contributed by atoms with van der Waals surface area (Å²) in [7, 11) is 0. The number of para-hydroxylation sites is 2. The van der Waals surface area contributed by atoms with Crippen LogP contribution >= 0.6 is 0 Å². The van der Waals surface area contributed by atoms with Crippen LogP contribution in [-0.2, 0) is 6.42 Å². The van der Waals surface area contributed by atoms with Gasteiger partial charge in [0.2, 0.25) is 0 Å². The van der Waals surface area contributed by atoms with Crippen molar-refractivity contribution >= 4 is 52.4 Å². The van der Waals surface area contributed by atoms with Crippen LogP contribution in [0.25, 0.3) is 29.4 Å². The predicted octanol–water partition coefficient (Wildman–Crippen LogP) is 15.7. The lowest BCUT2D eigenvalue weighted by molar-refractivity contribution is 1.00. The van der Waals surface area contributed by atoms with Crippen LogP contribution in [-0.4, -0.2) is 0 Å². The van der Waals surface area contributed by atoms with Crippen molar-refractivity contribution in [1.82, 2.24) is 0 Å². The first kappa shape index (κ1) is 37.5. The Labute approximate surface area is 343 Å². The van der Waals surface area contributed by atoms with E-state index in [2.05, 4.69) is 259 Å². The number of allylic oxidation sites excluding steroid dienone is 3. The van der Waals surface area contributed by atoms with E-state index in [-0.39, 0.29) is 0 Å². The molecule has 0 unspecified atom stereocenters. The van der Waals surface area contributed by atoms with Crippen molar-refractivity contribution < 1.29 is 0 Å². The molecular formula is C56H46N2. The van der Waals surface area contributed by atoms with E-state index in [1.807, 2.05) is 6.07 Å². The van der Waals surface area contributed by atoms with Gasteiger partial charge in [0.25, 0.3) is 0 Å². The molecular weight excluding hydrogens is 701 g/mol. The molecule has 58 heavy (non-hydrogen) atoms. The molecule has 0 saturated carbocycles. The van der Waals surface area contributed by atoms with Crippen LogP contribution in [0.3, 0.4) is 0 Å². The molecule has 280 valence electrons. The number of nitrogens with zero attached hydrogens (tertiary/aromatic N) is 2. The molecule has 8 rings (SSSR count). The SMILES string of the molecule is C(/C=C/c1ccc(N(c2ccccc2)c2ccc(-c3ccc(N(c4ccccc4)c4ccc(CC/C=C/c5ccccc5)cc4)cc3)cc2)cc1)=C\c1ccccc1. The van der Waals surface area contributed by atoms with Crippen molar-refractivity contribution in [2.75, 3.05) is 9.80 Å². The summed E-state index contributed by atoms with van der Waals surface area (Å²) >= 11 is 0. The smallest absolute Gasteiger partial charge is 0.0462 e. The third-order valence-electron chi connectivity index (χ3n) is 10.2. The van der Waals surface area contributed by atoms with Gasteiger partial charge < -0.3 is 9.80 Å². The Balaban J connectivity index is 0.981. The van der Waals surface area contributed by atoms with E-state index >= 15 is 0 Å². The van der Waals surface area contributed by atoms with E-state index < -0.39 is 0 Å². The second kappa shape index (κ2) is 18.9. The molecule has 0 aliphatic rings. The van der Waals surface area contributed by atoms with E-state index in [1.54, 1.807) is 0 Å². The summed E-state index contributed by atoms with van der Waals surface area (Å²) in [6.45, 7) is 0. The molecule has 0 spiro atoms. The summed E-state index contributed by atoms with van der Waals surface area (Å²) < 4.78 is 0. The van der Waals surface area contributed by atoms with Gasteiger partial charge in [-0.05, 0) is 119 Å². The number of hydrogen-bond acceptors (Lipinski definition) is 2. The molecule has 0 aromatic heterocycles. The summed E-state index contributed by atoms with van der Waals surface area (Å²) in [4.78, 5) is 4.63. The van der Waals surface area contributed by atoms with Crippen LogP contribution in [0.2, 0.25) is 0 Å². The molecule has 0 fully saturated rings. The van der Waals surface area contributed by atoms with E-state index in [0.29, 0.717) is 0 Å². The molecule has 8 aromatic rings. The van der Waals surface area contributed by atoms with E-state index in [9.17, 15) is 0 Å². The quantitative estimate of drug-likeness (QED) is 0.102. The molecule has 2 nitrogen and oxygen atoms in total. The van der Waals surface area contributed by atoms with Crippen molar-refractivity contribution in [2.24, 2.45) is 0 Å². The van der Waals surface area contributed by atoms with E-state index in [1.165, 1.54) is 27.8 Å². The van der Waals surface area contributed by atoms with Gasteiger partial charge in [0.15, 0.2) is 0 Å². The maximum Gasteiger partial charge on any atom is 0.0462 e. The second-order valence-electron chi connectivity index (χ2n) is 14.2. The Morgan fingerprint density at radius 1 is 0.293 bits per heavy atom. The lowest BCUT2D eigenvalue weighted by Crippen LogP contribution is -2.10. The van der Waals surface area contributed by atoms with Gasteiger partial charge in [-0.15, -0.1) is 0 Å². The Morgan fingerprint density at radius 3 is 1.05 bits per heavy atom. The Bertz CT molecular complexity index is 2540. The molecule has 8 aromatic carbocycles. The fraction of sp³-hybridized carbons (Fsp3) is 0.0357. The minimum absolute atomic E-state index is 1.00. The van der Waals surface area contributed by atoms with E-state index in [4.69, 9.17) is 0 Å². The van der Waals surface area contributed by atoms with Crippen LogP contribution in [0.15, 0.2) is 237 Å². The van der Waals surface area contributed by atoms with Gasteiger partial charge in [-0.2, -0.15) is 0 Å². The van der Waals surface area contributed by atoms with Gasteiger partial charge in [-0.1, -0.05) is 182 Å². The summed E-state index contributed by atoms with van der Waals surface area (Å²) in [5.41, 5.74) is 14.0. The minimum atomic E-state index is 1.00. The highest BCUT2D eigenvalue weighted by Gasteiger charge is 2.14. The summed E-state index contributed by atoms with van der Waals surface area (Å²) in [5.74, 6) is 0. The average Bonchev–Trinajstić information content (AvgIpc) is 3.30. The van der Waals surface area contributed by atoms with Crippen LogP contribution < -0.4 is 9.80 Å². The Morgan fingerprint density at radius 2 is 0.621 bits per heavy atom. The third kappa shape index (κ3) is 9.68. The lowest BCUT2D eigenvalue weighted by atomic mass is 10.0. The first-order valence-corrected chi connectivity index (χ1v) is 20.0. The largest absolute Gasteiger partial charge is 0.311 e. The normalized spacial score (nSPS) is 11.4. The number of hydrogen-bond donors (Lipinski definition) is 0. The van der Waals surface area contributed by atoms with Gasteiger partial charge in [0.1, 0.15) is 0 Å². The van der Waals surface area contributed by atoms with Gasteiger partial charge in [-0.25, -0.2) is 0 Å². The monoisotopic (exact) mass is 746 g/mol. The van der Waals surface area contributed by atoms with Crippen LogP contribution in [0.5, 0.6) is 0 Å². The minimum Gasteiger partial charge on any atom is -0.311 e. The van der Waals surface area contributed by atoms with Crippen LogP contribution in [0.1, 0.15) is 28.7 Å². The number of rotatable bonds is 14. The first-order chi connectivity index (χ1) is 28.8. The number of benzene rings is 8. The zero-order chi connectivity index (χ0) is 39.2. The maximum absolute atomic E-state index is 2.33. The highest BCUT2D eigenvalue weighted by atomic mass is 15.1. The highest BCUT2D eigenvalue weighted by Crippen LogP contribution is 2.38. The van der Waals surface area contributed by atoms with Gasteiger partial charge in [0, 0.05) is 34.1 Å². The third-order valence-corrected chi connectivity index (χ3v) is 10.2. The summed E-state index contributed by atoms with van der Waals surface area (Å²) in [5, 5.41) is 0. The molecule has 0 atom stereocenters. The molecule has 0 aliphatic heterocycles. The maximum atomic E-state index is 2.33. The highest BCUT2D eigenvalue weighted by molar-refractivity contribution is 5.81. The number of anilines is 6. The van der Waals surface area contributed by atoms with Crippen LogP contribution in [0.4, 0.5) is 34.1 Å². The molecule has 0 saturated heterocycles. The molecule has 0 N–H and O–H groups in total. The molecule has 0 bridgehead atoms. The van der Waals surface area contributed by atoms with Crippen molar-refractivity contribution in [3.63, 3.8) is 0 Å². The standard InChI is InChI=1S/C56H46N2/c1-5-17-45(18-6-1)21-13-15-23-47-29-37-53(38-30-47)57(51-25-9-3-10-26-51)55-41-33-49(34-42-55)50-35-43-56(44-36-50)58(52-27-11-4-12-28-52)54-39-31-48(32-40-54)24-16-14-22-46-19-7-2-8-20-46/h1-15,17-23,25-44H,16,24H2/b21-13+,22-14+,23-15+. The molecule has 0 radical (unpaired) electrons. The van der Waals surface area contributed by atoms with Gasteiger partial charge in [0.05, 0.1) is 0 Å². The van der Waals surface area contributed by atoms with Crippen LogP contribution in [0, 0.1) is 0 Å². The van der Waals surface area contributed by atoms with Crippen molar-refractivity contribution in [1.29, 1.82) is 0 Å². The molecule has 0 aliphatic carbocycles.